The Morgan fingerprint density at radius 1 is 1.04 bits per heavy atom. The minimum atomic E-state index is -0.518. The van der Waals surface area contributed by atoms with Crippen LogP contribution in [-0.4, -0.2) is 46.5 Å². The Kier molecular flexibility index (Phi) is 4.17. The molecule has 1 aromatic carbocycles. The van der Waals surface area contributed by atoms with Gasteiger partial charge in [0.05, 0.1) is 18.4 Å². The summed E-state index contributed by atoms with van der Waals surface area (Å²) in [5, 5.41) is 0. The van der Waals surface area contributed by atoms with Crippen molar-refractivity contribution in [2.24, 2.45) is 5.92 Å². The van der Waals surface area contributed by atoms with E-state index in [4.69, 9.17) is 0 Å². The summed E-state index contributed by atoms with van der Waals surface area (Å²) in [6, 6.07) is 6.35. The number of nitrogens with zero attached hydrogens (tertiary/aromatic N) is 4. The molecule has 0 unspecified atom stereocenters. The molecule has 2 fully saturated rings. The van der Waals surface area contributed by atoms with Gasteiger partial charge in [0.15, 0.2) is 5.82 Å². The van der Waals surface area contributed by atoms with Crippen LogP contribution in [-0.2, 0) is 11.2 Å². The van der Waals surface area contributed by atoms with Gasteiger partial charge >= 0.3 is 0 Å². The SMILES string of the molecule is O=C1[C@@H]2C[C@H](Cc3ccc(F)cc3)CN2CCN1c1ncc(F)cn1. The molecule has 130 valence electrons. The van der Waals surface area contributed by atoms with Crippen LogP contribution in [0.2, 0.25) is 0 Å². The van der Waals surface area contributed by atoms with Gasteiger partial charge in [-0.2, -0.15) is 0 Å². The Balaban J connectivity index is 1.45. The number of carbonyl (C=O) groups is 1. The van der Waals surface area contributed by atoms with E-state index < -0.39 is 5.82 Å². The molecule has 0 radical (unpaired) electrons. The zero-order valence-corrected chi connectivity index (χ0v) is 13.6. The smallest absolute Gasteiger partial charge is 0.246 e. The third-order valence-corrected chi connectivity index (χ3v) is 4.94. The fourth-order valence-corrected chi connectivity index (χ4v) is 3.77. The van der Waals surface area contributed by atoms with Crippen molar-refractivity contribution < 1.29 is 13.6 Å². The number of aromatic nitrogens is 2. The standard InChI is InChI=1S/C18H18F2N4O/c19-14-3-1-12(2-4-14)7-13-8-16-17(25)24(6-5-23(16)11-13)18-21-9-15(20)10-22-18/h1-4,9-10,13,16H,5-8,11H2/t13-,16-/m0/s1. The van der Waals surface area contributed by atoms with Crippen molar-refractivity contribution in [2.75, 3.05) is 24.5 Å². The lowest BCUT2D eigenvalue weighted by molar-refractivity contribution is -0.124. The molecule has 0 saturated carbocycles. The van der Waals surface area contributed by atoms with E-state index in [1.54, 1.807) is 17.0 Å². The molecule has 0 bridgehead atoms. The molecule has 5 nitrogen and oxygen atoms in total. The number of piperazine rings is 1. The number of benzene rings is 1. The number of rotatable bonds is 3. The first kappa shape index (κ1) is 16.1. The number of anilines is 1. The lowest BCUT2D eigenvalue weighted by Gasteiger charge is -2.35. The van der Waals surface area contributed by atoms with E-state index in [1.165, 1.54) is 12.1 Å². The molecule has 2 aromatic rings. The number of hydrogen-bond acceptors (Lipinski definition) is 4. The Labute approximate surface area is 144 Å². The van der Waals surface area contributed by atoms with Crippen LogP contribution in [0, 0.1) is 17.6 Å². The summed E-state index contributed by atoms with van der Waals surface area (Å²) < 4.78 is 26.0. The van der Waals surface area contributed by atoms with Gasteiger partial charge in [-0.05, 0) is 36.5 Å². The number of carbonyl (C=O) groups excluding carboxylic acids is 1. The Morgan fingerprint density at radius 2 is 1.76 bits per heavy atom. The largest absolute Gasteiger partial charge is 0.290 e. The van der Waals surface area contributed by atoms with E-state index in [9.17, 15) is 13.6 Å². The van der Waals surface area contributed by atoms with E-state index in [0.717, 1.165) is 43.9 Å². The van der Waals surface area contributed by atoms with Gasteiger partial charge in [-0.1, -0.05) is 12.1 Å². The fourth-order valence-electron chi connectivity index (χ4n) is 3.77. The van der Waals surface area contributed by atoms with Crippen molar-refractivity contribution in [3.8, 4) is 0 Å². The van der Waals surface area contributed by atoms with Crippen molar-refractivity contribution >= 4 is 11.9 Å². The molecule has 0 N–H and O–H groups in total. The Hall–Kier alpha value is -2.41. The van der Waals surface area contributed by atoms with Crippen LogP contribution in [0.1, 0.15) is 12.0 Å². The molecule has 1 amide bonds. The van der Waals surface area contributed by atoms with E-state index in [0.29, 0.717) is 12.5 Å². The molecule has 25 heavy (non-hydrogen) atoms. The average molecular weight is 344 g/mol. The fraction of sp³-hybridized carbons (Fsp3) is 0.389. The lowest BCUT2D eigenvalue weighted by Crippen LogP contribution is -2.55. The third-order valence-electron chi connectivity index (χ3n) is 4.94. The Morgan fingerprint density at radius 3 is 2.48 bits per heavy atom. The second kappa shape index (κ2) is 6.48. The summed E-state index contributed by atoms with van der Waals surface area (Å²) >= 11 is 0. The van der Waals surface area contributed by atoms with Gasteiger partial charge in [-0.3, -0.25) is 14.6 Å². The summed E-state index contributed by atoms with van der Waals surface area (Å²) in [6.07, 6.45) is 3.74. The van der Waals surface area contributed by atoms with Gasteiger partial charge in [-0.15, -0.1) is 0 Å². The first-order chi connectivity index (χ1) is 12.1. The van der Waals surface area contributed by atoms with Crippen molar-refractivity contribution in [1.82, 2.24) is 14.9 Å². The van der Waals surface area contributed by atoms with Gasteiger partial charge in [0.25, 0.3) is 0 Å². The average Bonchev–Trinajstić information content (AvgIpc) is 3.02. The Bertz CT molecular complexity index is 766. The zero-order chi connectivity index (χ0) is 17.4. The second-order valence-corrected chi connectivity index (χ2v) is 6.63. The van der Waals surface area contributed by atoms with Crippen LogP contribution >= 0.6 is 0 Å². The summed E-state index contributed by atoms with van der Waals surface area (Å²) in [5.41, 5.74) is 1.08. The molecule has 1 aromatic heterocycles. The quantitative estimate of drug-likeness (QED) is 0.855. The summed E-state index contributed by atoms with van der Waals surface area (Å²) in [6.45, 7) is 2.10. The van der Waals surface area contributed by atoms with Crippen molar-refractivity contribution in [3.63, 3.8) is 0 Å². The molecule has 0 spiro atoms. The van der Waals surface area contributed by atoms with Crippen LogP contribution < -0.4 is 4.90 Å². The predicted molar refractivity (Wildman–Crippen MR) is 87.9 cm³/mol. The minimum Gasteiger partial charge on any atom is -0.290 e. The van der Waals surface area contributed by atoms with E-state index >= 15 is 0 Å². The molecule has 3 heterocycles. The molecule has 0 aliphatic carbocycles. The maximum absolute atomic E-state index is 13.0. The summed E-state index contributed by atoms with van der Waals surface area (Å²) in [4.78, 5) is 24.4. The summed E-state index contributed by atoms with van der Waals surface area (Å²) in [7, 11) is 0. The van der Waals surface area contributed by atoms with Gasteiger partial charge in [0.1, 0.15) is 5.82 Å². The predicted octanol–water partition coefficient (Wildman–Crippen LogP) is 2.03. The summed E-state index contributed by atoms with van der Waals surface area (Å²) in [5.74, 6) is -0.172. The molecule has 2 aliphatic heterocycles. The van der Waals surface area contributed by atoms with Crippen LogP contribution in [0.4, 0.5) is 14.7 Å². The number of halogens is 2. The third kappa shape index (κ3) is 3.24. The maximum Gasteiger partial charge on any atom is 0.246 e. The zero-order valence-electron chi connectivity index (χ0n) is 13.6. The van der Waals surface area contributed by atoms with Gasteiger partial charge in [0, 0.05) is 19.6 Å². The van der Waals surface area contributed by atoms with Crippen LogP contribution in [0.25, 0.3) is 0 Å². The molecule has 2 aliphatic rings. The number of hydrogen-bond donors (Lipinski definition) is 0. The lowest BCUT2D eigenvalue weighted by atomic mass is 9.96. The second-order valence-electron chi connectivity index (χ2n) is 6.63. The van der Waals surface area contributed by atoms with E-state index in [2.05, 4.69) is 14.9 Å². The topological polar surface area (TPSA) is 49.3 Å². The molecule has 2 atom stereocenters. The van der Waals surface area contributed by atoms with Gasteiger partial charge in [-0.25, -0.2) is 18.7 Å². The highest BCUT2D eigenvalue weighted by atomic mass is 19.1. The normalized spacial score (nSPS) is 23.8. The minimum absolute atomic E-state index is 0.0283. The highest BCUT2D eigenvalue weighted by molar-refractivity contribution is 5.96. The van der Waals surface area contributed by atoms with Crippen LogP contribution in [0.15, 0.2) is 36.7 Å². The molecular formula is C18H18F2N4O. The number of fused-ring (bicyclic) bond motifs is 1. The molecule has 7 heteroatoms. The van der Waals surface area contributed by atoms with Crippen molar-refractivity contribution in [3.05, 3.63) is 53.9 Å². The van der Waals surface area contributed by atoms with Crippen molar-refractivity contribution in [2.45, 2.75) is 18.9 Å². The van der Waals surface area contributed by atoms with Gasteiger partial charge in [0.2, 0.25) is 11.9 Å². The maximum atomic E-state index is 13.0. The molecule has 4 rings (SSSR count). The van der Waals surface area contributed by atoms with Crippen molar-refractivity contribution in [1.29, 1.82) is 0 Å². The number of amides is 1. The first-order valence-electron chi connectivity index (χ1n) is 8.37. The molecule has 2 saturated heterocycles. The highest BCUT2D eigenvalue weighted by Gasteiger charge is 2.42. The first-order valence-corrected chi connectivity index (χ1v) is 8.37. The monoisotopic (exact) mass is 344 g/mol. The van der Waals surface area contributed by atoms with E-state index in [1.807, 2.05) is 0 Å². The van der Waals surface area contributed by atoms with Crippen LogP contribution in [0.3, 0.4) is 0 Å². The molecular weight excluding hydrogens is 326 g/mol. The van der Waals surface area contributed by atoms with Crippen LogP contribution in [0.5, 0.6) is 0 Å². The van der Waals surface area contributed by atoms with E-state index in [-0.39, 0.29) is 23.7 Å². The van der Waals surface area contributed by atoms with Gasteiger partial charge < -0.3 is 0 Å². The highest BCUT2D eigenvalue weighted by Crippen LogP contribution is 2.30.